The second-order valence-electron chi connectivity index (χ2n) is 6.57. The van der Waals surface area contributed by atoms with E-state index < -0.39 is 22.0 Å². The number of hydrogen-bond acceptors (Lipinski definition) is 5. The summed E-state index contributed by atoms with van der Waals surface area (Å²) in [5.74, 6) is 1.14. The number of para-hydroxylation sites is 1. The van der Waals surface area contributed by atoms with Gasteiger partial charge in [-0.15, -0.1) is 0 Å². The third-order valence-corrected chi connectivity index (χ3v) is 6.09. The van der Waals surface area contributed by atoms with Gasteiger partial charge in [-0.05, 0) is 61.5 Å². The zero-order chi connectivity index (χ0) is 22.4. The molecule has 0 unspecified atom stereocenters. The standard InChI is InChI=1S/C22H21ClN2O5S/c1-15(25-31(27,28)19-12-13-21(29-2)20(23)14-19)22(26)24-16-8-10-18(11-9-16)30-17-6-4-3-5-7-17/h3-15,25H,1-2H3,(H,24,26)/t15-/m0/s1. The van der Waals surface area contributed by atoms with Gasteiger partial charge in [0.2, 0.25) is 15.9 Å². The lowest BCUT2D eigenvalue weighted by atomic mass is 10.2. The van der Waals surface area contributed by atoms with E-state index >= 15 is 0 Å². The van der Waals surface area contributed by atoms with Crippen LogP contribution in [0.2, 0.25) is 5.02 Å². The fourth-order valence-corrected chi connectivity index (χ4v) is 4.20. The van der Waals surface area contributed by atoms with Crippen LogP contribution in [0, 0.1) is 0 Å². The summed E-state index contributed by atoms with van der Waals surface area (Å²) in [4.78, 5) is 12.4. The highest BCUT2D eigenvalue weighted by Gasteiger charge is 2.23. The van der Waals surface area contributed by atoms with Gasteiger partial charge in [0, 0.05) is 5.69 Å². The summed E-state index contributed by atoms with van der Waals surface area (Å²) in [6.45, 7) is 1.45. The molecule has 0 fully saturated rings. The molecule has 0 saturated heterocycles. The van der Waals surface area contributed by atoms with Crippen LogP contribution in [0.25, 0.3) is 0 Å². The lowest BCUT2D eigenvalue weighted by molar-refractivity contribution is -0.117. The third-order valence-electron chi connectivity index (χ3n) is 4.26. The molecule has 0 saturated carbocycles. The summed E-state index contributed by atoms with van der Waals surface area (Å²) in [5, 5.41) is 2.82. The molecule has 0 heterocycles. The van der Waals surface area contributed by atoms with Crippen molar-refractivity contribution in [2.45, 2.75) is 17.9 Å². The molecule has 1 amide bonds. The van der Waals surface area contributed by atoms with Crippen LogP contribution in [-0.2, 0) is 14.8 Å². The van der Waals surface area contributed by atoms with Crippen LogP contribution in [0.1, 0.15) is 6.92 Å². The van der Waals surface area contributed by atoms with Gasteiger partial charge in [0.25, 0.3) is 0 Å². The van der Waals surface area contributed by atoms with Crippen LogP contribution >= 0.6 is 11.6 Å². The first-order valence-electron chi connectivity index (χ1n) is 9.28. The predicted octanol–water partition coefficient (Wildman–Crippen LogP) is 4.45. The number of rotatable bonds is 8. The molecule has 0 radical (unpaired) electrons. The predicted molar refractivity (Wildman–Crippen MR) is 119 cm³/mol. The van der Waals surface area contributed by atoms with Gasteiger partial charge in [-0.3, -0.25) is 4.79 Å². The number of carbonyl (C=O) groups is 1. The lowest BCUT2D eigenvalue weighted by Crippen LogP contribution is -2.41. The maximum Gasteiger partial charge on any atom is 0.242 e. The first-order chi connectivity index (χ1) is 14.8. The first-order valence-corrected chi connectivity index (χ1v) is 11.1. The van der Waals surface area contributed by atoms with Crippen molar-refractivity contribution in [3.8, 4) is 17.2 Å². The topological polar surface area (TPSA) is 93.7 Å². The molecule has 31 heavy (non-hydrogen) atoms. The Morgan fingerprint density at radius 3 is 2.23 bits per heavy atom. The Balaban J connectivity index is 1.61. The van der Waals surface area contributed by atoms with E-state index in [4.69, 9.17) is 21.1 Å². The summed E-state index contributed by atoms with van der Waals surface area (Å²) < 4.78 is 38.2. The fourth-order valence-electron chi connectivity index (χ4n) is 2.65. The van der Waals surface area contributed by atoms with E-state index in [0.717, 1.165) is 0 Å². The number of sulfonamides is 1. The maximum atomic E-state index is 12.6. The average Bonchev–Trinajstić information content (AvgIpc) is 2.75. The van der Waals surface area contributed by atoms with Gasteiger partial charge in [-0.25, -0.2) is 8.42 Å². The van der Waals surface area contributed by atoms with Gasteiger partial charge < -0.3 is 14.8 Å². The number of nitrogens with one attached hydrogen (secondary N) is 2. The first kappa shape index (κ1) is 22.6. The van der Waals surface area contributed by atoms with E-state index in [-0.39, 0.29) is 9.92 Å². The molecule has 2 N–H and O–H groups in total. The van der Waals surface area contributed by atoms with Crippen molar-refractivity contribution in [2.24, 2.45) is 0 Å². The molecule has 0 aliphatic carbocycles. The van der Waals surface area contributed by atoms with E-state index in [1.165, 1.54) is 32.2 Å². The molecule has 9 heteroatoms. The Morgan fingerprint density at radius 2 is 1.61 bits per heavy atom. The molecule has 3 aromatic carbocycles. The van der Waals surface area contributed by atoms with Crippen molar-refractivity contribution in [1.82, 2.24) is 4.72 Å². The molecule has 0 aliphatic heterocycles. The highest BCUT2D eigenvalue weighted by Crippen LogP contribution is 2.27. The summed E-state index contributed by atoms with van der Waals surface area (Å²) >= 11 is 6.00. The number of carbonyl (C=O) groups excluding carboxylic acids is 1. The smallest absolute Gasteiger partial charge is 0.242 e. The van der Waals surface area contributed by atoms with Gasteiger partial charge in [-0.2, -0.15) is 4.72 Å². The molecule has 162 valence electrons. The van der Waals surface area contributed by atoms with Crippen molar-refractivity contribution in [2.75, 3.05) is 12.4 Å². The molecule has 0 bridgehead atoms. The largest absolute Gasteiger partial charge is 0.495 e. The zero-order valence-electron chi connectivity index (χ0n) is 16.8. The van der Waals surface area contributed by atoms with E-state index in [9.17, 15) is 13.2 Å². The summed E-state index contributed by atoms with van der Waals surface area (Å²) in [6.07, 6.45) is 0. The van der Waals surface area contributed by atoms with Crippen LogP contribution in [0.5, 0.6) is 17.2 Å². The van der Waals surface area contributed by atoms with Crippen molar-refractivity contribution in [1.29, 1.82) is 0 Å². The van der Waals surface area contributed by atoms with Crippen LogP contribution in [-0.4, -0.2) is 27.5 Å². The molecule has 0 aliphatic rings. The number of amides is 1. The van der Waals surface area contributed by atoms with E-state index in [1.807, 2.05) is 30.3 Å². The Bertz CT molecular complexity index is 1150. The average molecular weight is 461 g/mol. The van der Waals surface area contributed by atoms with Crippen molar-refractivity contribution in [3.63, 3.8) is 0 Å². The quantitative estimate of drug-likeness (QED) is 0.518. The summed E-state index contributed by atoms with van der Waals surface area (Å²) in [6, 6.07) is 19.1. The number of hydrogen-bond donors (Lipinski definition) is 2. The fraction of sp³-hybridized carbons (Fsp3) is 0.136. The number of ether oxygens (including phenoxy) is 2. The minimum Gasteiger partial charge on any atom is -0.495 e. The molecular weight excluding hydrogens is 440 g/mol. The minimum atomic E-state index is -3.96. The monoisotopic (exact) mass is 460 g/mol. The van der Waals surface area contributed by atoms with Crippen LogP contribution in [0.3, 0.4) is 0 Å². The maximum absolute atomic E-state index is 12.6. The van der Waals surface area contributed by atoms with E-state index in [1.54, 1.807) is 24.3 Å². The van der Waals surface area contributed by atoms with Gasteiger partial charge in [0.15, 0.2) is 0 Å². The van der Waals surface area contributed by atoms with E-state index in [0.29, 0.717) is 22.9 Å². The highest BCUT2D eigenvalue weighted by molar-refractivity contribution is 7.89. The Hall–Kier alpha value is -3.07. The second kappa shape index (κ2) is 9.82. The number of halogens is 1. The normalized spacial score (nSPS) is 12.1. The highest BCUT2D eigenvalue weighted by atomic mass is 35.5. The Morgan fingerprint density at radius 1 is 0.968 bits per heavy atom. The van der Waals surface area contributed by atoms with Crippen molar-refractivity contribution < 1.29 is 22.7 Å². The number of benzene rings is 3. The molecule has 0 aromatic heterocycles. The van der Waals surface area contributed by atoms with Gasteiger partial charge in [-0.1, -0.05) is 29.8 Å². The number of methoxy groups -OCH3 is 1. The molecule has 3 aromatic rings. The van der Waals surface area contributed by atoms with Crippen molar-refractivity contribution in [3.05, 3.63) is 77.8 Å². The van der Waals surface area contributed by atoms with E-state index in [2.05, 4.69) is 10.0 Å². The Labute approximate surface area is 186 Å². The summed E-state index contributed by atoms with van der Waals surface area (Å²) in [7, 11) is -2.53. The molecule has 7 nitrogen and oxygen atoms in total. The Kier molecular flexibility index (Phi) is 7.17. The van der Waals surface area contributed by atoms with Crippen LogP contribution in [0.15, 0.2) is 77.7 Å². The third kappa shape index (κ3) is 5.97. The van der Waals surface area contributed by atoms with Crippen LogP contribution < -0.4 is 19.5 Å². The number of anilines is 1. The molecule has 1 atom stereocenters. The molecule has 0 spiro atoms. The van der Waals surface area contributed by atoms with Crippen molar-refractivity contribution >= 4 is 33.2 Å². The molecular formula is C22H21ClN2O5S. The second-order valence-corrected chi connectivity index (χ2v) is 8.69. The SMILES string of the molecule is COc1ccc(S(=O)(=O)N[C@@H](C)C(=O)Nc2ccc(Oc3ccccc3)cc2)cc1Cl. The van der Waals surface area contributed by atoms with Crippen LogP contribution in [0.4, 0.5) is 5.69 Å². The lowest BCUT2D eigenvalue weighted by Gasteiger charge is -2.15. The van der Waals surface area contributed by atoms with Gasteiger partial charge in [0.05, 0.1) is 23.1 Å². The molecule has 3 rings (SSSR count). The minimum absolute atomic E-state index is 0.0691. The summed E-state index contributed by atoms with van der Waals surface area (Å²) in [5.41, 5.74) is 0.504. The van der Waals surface area contributed by atoms with Gasteiger partial charge >= 0.3 is 0 Å². The van der Waals surface area contributed by atoms with Gasteiger partial charge in [0.1, 0.15) is 17.2 Å². The zero-order valence-corrected chi connectivity index (χ0v) is 18.4.